The second kappa shape index (κ2) is 14.7. The van der Waals surface area contributed by atoms with Crippen LogP contribution in [0.5, 0.6) is 0 Å². The largest absolute Gasteiger partial charge is 3.00 e. The minimum absolute atomic E-state index is 0. The molecule has 0 aliphatic heterocycles. The van der Waals surface area contributed by atoms with Crippen molar-refractivity contribution in [2.45, 2.75) is 6.42 Å². The zero-order chi connectivity index (χ0) is 30.3. The van der Waals surface area contributed by atoms with Crippen molar-refractivity contribution in [2.75, 3.05) is 0 Å². The molecule has 220 valence electrons. The van der Waals surface area contributed by atoms with Crippen LogP contribution in [0.2, 0.25) is 0 Å². The van der Waals surface area contributed by atoms with Crippen LogP contribution in [0.25, 0.3) is 33.8 Å². The Balaban J connectivity index is 0.000000248. The second-order valence-corrected chi connectivity index (χ2v) is 9.04. The quantitative estimate of drug-likeness (QED) is 0.131. The molecule has 0 aliphatic carbocycles. The molecule has 0 saturated heterocycles. The molecule has 0 bridgehead atoms. The van der Waals surface area contributed by atoms with Crippen LogP contribution in [0, 0.1) is 53.1 Å². The summed E-state index contributed by atoms with van der Waals surface area (Å²) in [5.74, 6) is -4.22. The van der Waals surface area contributed by atoms with Crippen molar-refractivity contribution in [2.24, 2.45) is 0 Å². The van der Waals surface area contributed by atoms with E-state index in [0.717, 1.165) is 36.4 Å². The molecular formula is C34H18F6IrN3. The molecule has 0 fully saturated rings. The molecule has 0 amide bonds. The normalized spacial score (nSPS) is 10.4. The van der Waals surface area contributed by atoms with E-state index in [4.69, 9.17) is 0 Å². The van der Waals surface area contributed by atoms with Gasteiger partial charge >= 0.3 is 20.1 Å². The van der Waals surface area contributed by atoms with Gasteiger partial charge in [-0.2, -0.15) is 0 Å². The van der Waals surface area contributed by atoms with E-state index in [-0.39, 0.29) is 36.8 Å². The van der Waals surface area contributed by atoms with Crippen molar-refractivity contribution in [3.63, 3.8) is 0 Å². The van der Waals surface area contributed by atoms with Gasteiger partial charge in [-0.3, -0.25) is 26.3 Å². The molecule has 0 saturated carbocycles. The number of hydrogen-bond donors (Lipinski definition) is 0. The summed E-state index contributed by atoms with van der Waals surface area (Å²) in [5.41, 5.74) is 2.58. The van der Waals surface area contributed by atoms with Crippen LogP contribution in [0.4, 0.5) is 26.3 Å². The van der Waals surface area contributed by atoms with Crippen molar-refractivity contribution in [3.05, 3.63) is 162 Å². The van der Waals surface area contributed by atoms with E-state index in [9.17, 15) is 26.3 Å². The first-order valence-corrected chi connectivity index (χ1v) is 12.7. The number of nitrogens with zero attached hydrogens (tertiary/aromatic N) is 3. The van der Waals surface area contributed by atoms with Gasteiger partial charge in [-0.1, -0.05) is 71.3 Å². The SMILES string of the molecule is Fc1c[c-]c(-c2cccc(Cc3cccc(-c4[c-]cc(F)cc4F)n3)n2)c(F)c1.Fc1c[c-]c(-c2ccccn2)c(F)c1.[Ir+3]. The Hall–Kier alpha value is -4.66. The van der Waals surface area contributed by atoms with Gasteiger partial charge in [-0.25, -0.2) is 0 Å². The first kappa shape index (κ1) is 32.3. The van der Waals surface area contributed by atoms with Crippen LogP contribution < -0.4 is 0 Å². The third kappa shape index (κ3) is 8.03. The topological polar surface area (TPSA) is 38.7 Å². The zero-order valence-corrected chi connectivity index (χ0v) is 24.8. The van der Waals surface area contributed by atoms with Gasteiger partial charge in [0.05, 0.1) is 0 Å². The van der Waals surface area contributed by atoms with Crippen LogP contribution in [0.3, 0.4) is 0 Å². The van der Waals surface area contributed by atoms with Crippen LogP contribution >= 0.6 is 0 Å². The number of rotatable bonds is 5. The Bertz CT molecular complexity index is 1790. The summed E-state index contributed by atoms with van der Waals surface area (Å²) in [7, 11) is 0. The summed E-state index contributed by atoms with van der Waals surface area (Å²) in [4.78, 5) is 12.7. The van der Waals surface area contributed by atoms with Gasteiger partial charge in [-0.15, -0.1) is 36.4 Å². The van der Waals surface area contributed by atoms with Gasteiger partial charge in [0.15, 0.2) is 0 Å². The molecule has 3 nitrogen and oxygen atoms in total. The van der Waals surface area contributed by atoms with E-state index in [1.54, 1.807) is 60.8 Å². The minimum atomic E-state index is -0.753. The summed E-state index contributed by atoms with van der Waals surface area (Å²) >= 11 is 0. The maximum Gasteiger partial charge on any atom is 3.00 e. The predicted molar refractivity (Wildman–Crippen MR) is 148 cm³/mol. The molecule has 3 aromatic carbocycles. The molecule has 6 aromatic rings. The van der Waals surface area contributed by atoms with E-state index in [1.165, 1.54) is 0 Å². The number of pyridine rings is 3. The Morgan fingerprint density at radius 3 is 1.30 bits per heavy atom. The van der Waals surface area contributed by atoms with Crippen molar-refractivity contribution in [1.29, 1.82) is 0 Å². The van der Waals surface area contributed by atoms with Crippen molar-refractivity contribution < 1.29 is 46.4 Å². The fourth-order valence-corrected chi connectivity index (χ4v) is 4.05. The molecule has 0 aliphatic rings. The number of benzene rings is 3. The fraction of sp³-hybridized carbons (Fsp3) is 0.0294. The molecule has 0 radical (unpaired) electrons. The van der Waals surface area contributed by atoms with E-state index in [1.807, 2.05) is 0 Å². The molecule has 0 spiro atoms. The fourth-order valence-electron chi connectivity index (χ4n) is 4.05. The molecule has 6 rings (SSSR count). The van der Waals surface area contributed by atoms with Gasteiger partial charge < -0.3 is 15.0 Å². The first-order chi connectivity index (χ1) is 20.8. The molecule has 10 heteroatoms. The third-order valence-electron chi connectivity index (χ3n) is 5.98. The summed E-state index contributed by atoms with van der Waals surface area (Å²) in [6.45, 7) is 0. The summed E-state index contributed by atoms with van der Waals surface area (Å²) in [5, 5.41) is 0. The van der Waals surface area contributed by atoms with Gasteiger partial charge in [0.2, 0.25) is 0 Å². The number of aromatic nitrogens is 3. The third-order valence-corrected chi connectivity index (χ3v) is 5.98. The average molecular weight is 775 g/mol. The predicted octanol–water partition coefficient (Wildman–Crippen LogP) is 8.38. The Kier molecular flexibility index (Phi) is 10.8. The van der Waals surface area contributed by atoms with Crippen LogP contribution in [-0.2, 0) is 26.5 Å². The van der Waals surface area contributed by atoms with E-state index >= 15 is 0 Å². The van der Waals surface area contributed by atoms with E-state index in [2.05, 4.69) is 33.2 Å². The van der Waals surface area contributed by atoms with Gasteiger partial charge in [-0.05, 0) is 35.3 Å². The Morgan fingerprint density at radius 1 is 0.500 bits per heavy atom. The molecule has 3 aromatic heterocycles. The minimum Gasteiger partial charge on any atom is -0.305 e. The van der Waals surface area contributed by atoms with Gasteiger partial charge in [0.1, 0.15) is 0 Å². The Morgan fingerprint density at radius 2 is 0.909 bits per heavy atom. The van der Waals surface area contributed by atoms with Crippen molar-refractivity contribution >= 4 is 0 Å². The Labute approximate surface area is 262 Å². The number of hydrogen-bond acceptors (Lipinski definition) is 3. The standard InChI is InChI=1S/C23H12F4N2.C11H6F2N.Ir/c24-14-7-9-18(20(26)11-14)22-5-1-3-16(28-22)13-17-4-2-6-23(29-17)19-10-8-15(25)12-21(19)27;12-8-4-5-9(10(13)7-8)11-3-1-2-6-14-11;/h1-8,11-12H,13H2;1-4,6-7H;/q-2;-1;+3. The van der Waals surface area contributed by atoms with Crippen molar-refractivity contribution in [3.8, 4) is 33.8 Å². The smallest absolute Gasteiger partial charge is 0.305 e. The van der Waals surface area contributed by atoms with Gasteiger partial charge in [0, 0.05) is 58.9 Å². The maximum atomic E-state index is 14.0. The first-order valence-electron chi connectivity index (χ1n) is 12.7. The summed E-state index contributed by atoms with van der Waals surface area (Å²) < 4.78 is 80.0. The van der Waals surface area contributed by atoms with Crippen LogP contribution in [-0.4, -0.2) is 15.0 Å². The summed E-state index contributed by atoms with van der Waals surface area (Å²) in [6.07, 6.45) is 1.85. The van der Waals surface area contributed by atoms with E-state index in [0.29, 0.717) is 34.9 Å². The van der Waals surface area contributed by atoms with Crippen LogP contribution in [0.1, 0.15) is 11.4 Å². The molecule has 0 atom stereocenters. The molecule has 0 N–H and O–H groups in total. The molecule has 0 unspecified atom stereocenters. The summed E-state index contributed by atoms with van der Waals surface area (Å²) in [6, 6.07) is 28.4. The zero-order valence-electron chi connectivity index (χ0n) is 22.4. The van der Waals surface area contributed by atoms with Crippen LogP contribution in [0.15, 0.2) is 97.2 Å². The monoisotopic (exact) mass is 775 g/mol. The molecular weight excluding hydrogens is 757 g/mol. The average Bonchev–Trinajstić information content (AvgIpc) is 2.98. The second-order valence-electron chi connectivity index (χ2n) is 9.04. The molecule has 3 heterocycles. The molecule has 44 heavy (non-hydrogen) atoms. The number of halogens is 6. The van der Waals surface area contributed by atoms with Gasteiger partial charge in [0.25, 0.3) is 0 Å². The van der Waals surface area contributed by atoms with Crippen molar-refractivity contribution in [1.82, 2.24) is 15.0 Å². The van der Waals surface area contributed by atoms with E-state index < -0.39 is 34.9 Å². The maximum absolute atomic E-state index is 14.0.